The minimum atomic E-state index is -0.659. The van der Waals surface area contributed by atoms with E-state index < -0.39 is 11.5 Å². The first-order valence-electron chi connectivity index (χ1n) is 10.7. The third-order valence-corrected chi connectivity index (χ3v) is 5.82. The Labute approximate surface area is 206 Å². The number of fused-ring (bicyclic) bond motifs is 1. The highest BCUT2D eigenvalue weighted by atomic mass is 35.5. The molecule has 0 saturated heterocycles. The van der Waals surface area contributed by atoms with E-state index in [0.717, 1.165) is 16.7 Å². The molecular formula is C27H21ClN4O3. The normalized spacial score (nSPS) is 11.2. The lowest BCUT2D eigenvalue weighted by molar-refractivity contribution is -0.112. The number of nitrogens with zero attached hydrogens (tertiary/aromatic N) is 3. The molecule has 8 heteroatoms. The van der Waals surface area contributed by atoms with Crippen molar-refractivity contribution in [3.05, 3.63) is 104 Å². The predicted molar refractivity (Wildman–Crippen MR) is 136 cm³/mol. The van der Waals surface area contributed by atoms with Crippen LogP contribution >= 0.6 is 11.6 Å². The molecule has 1 N–H and O–H groups in total. The van der Waals surface area contributed by atoms with Crippen LogP contribution in [0.5, 0.6) is 11.6 Å². The number of nitrogens with one attached hydrogen (secondary N) is 1. The van der Waals surface area contributed by atoms with Gasteiger partial charge in [-0.25, -0.2) is 0 Å². The van der Waals surface area contributed by atoms with Crippen molar-refractivity contribution in [3.63, 3.8) is 0 Å². The maximum absolute atomic E-state index is 13.4. The number of aryl methyl sites for hydroxylation is 3. The molecule has 0 bridgehead atoms. The Kier molecular flexibility index (Phi) is 6.67. The number of nitriles is 1. The van der Waals surface area contributed by atoms with Crippen molar-refractivity contribution in [2.45, 2.75) is 20.8 Å². The number of carbonyl (C=O) groups excluding carboxylic acids is 1. The lowest BCUT2D eigenvalue weighted by Gasteiger charge is -2.12. The van der Waals surface area contributed by atoms with Crippen molar-refractivity contribution in [3.8, 4) is 17.7 Å². The van der Waals surface area contributed by atoms with Crippen LogP contribution < -0.4 is 15.6 Å². The van der Waals surface area contributed by atoms with Gasteiger partial charge in [-0.2, -0.15) is 10.2 Å². The van der Waals surface area contributed by atoms with Crippen molar-refractivity contribution >= 4 is 34.9 Å². The summed E-state index contributed by atoms with van der Waals surface area (Å²) in [5.74, 6) is -0.441. The number of rotatable bonds is 5. The second kappa shape index (κ2) is 9.84. The molecule has 4 aromatic rings. The molecule has 1 amide bonds. The highest BCUT2D eigenvalue weighted by molar-refractivity contribution is 6.32. The second-order valence-electron chi connectivity index (χ2n) is 7.98. The minimum absolute atomic E-state index is 0.0557. The summed E-state index contributed by atoms with van der Waals surface area (Å²) in [6.45, 7) is 5.70. The van der Waals surface area contributed by atoms with Gasteiger partial charge in [0.1, 0.15) is 28.6 Å². The molecule has 2 heterocycles. The molecule has 2 aromatic carbocycles. The molecule has 0 saturated carbocycles. The maximum Gasteiger partial charge on any atom is 0.269 e. The van der Waals surface area contributed by atoms with Gasteiger partial charge in [0.05, 0.1) is 5.02 Å². The van der Waals surface area contributed by atoms with E-state index in [-0.39, 0.29) is 22.8 Å². The fourth-order valence-electron chi connectivity index (χ4n) is 3.44. The number of ether oxygens (including phenoxy) is 1. The third-order valence-electron chi connectivity index (χ3n) is 5.51. The fourth-order valence-corrected chi connectivity index (χ4v) is 3.61. The monoisotopic (exact) mass is 484 g/mol. The molecule has 4 rings (SSSR count). The van der Waals surface area contributed by atoms with Crippen LogP contribution in [0.3, 0.4) is 0 Å². The molecule has 2 aromatic heterocycles. The Morgan fingerprint density at radius 3 is 2.57 bits per heavy atom. The summed E-state index contributed by atoms with van der Waals surface area (Å²) < 4.78 is 7.26. The van der Waals surface area contributed by atoms with Crippen LogP contribution in [0.15, 0.2) is 71.2 Å². The summed E-state index contributed by atoms with van der Waals surface area (Å²) in [4.78, 5) is 30.8. The molecule has 0 aliphatic heterocycles. The molecule has 0 aliphatic carbocycles. The van der Waals surface area contributed by atoms with Crippen LogP contribution in [-0.2, 0) is 4.79 Å². The number of hydrogen-bond donors (Lipinski definition) is 1. The van der Waals surface area contributed by atoms with Gasteiger partial charge in [-0.05, 0) is 73.9 Å². The lowest BCUT2D eigenvalue weighted by atomic mass is 10.1. The van der Waals surface area contributed by atoms with Gasteiger partial charge >= 0.3 is 0 Å². The molecule has 0 unspecified atom stereocenters. The number of amides is 1. The van der Waals surface area contributed by atoms with Gasteiger partial charge in [-0.1, -0.05) is 35.9 Å². The zero-order valence-electron chi connectivity index (χ0n) is 19.3. The Hall–Kier alpha value is -4.41. The Morgan fingerprint density at radius 1 is 1.09 bits per heavy atom. The smallest absolute Gasteiger partial charge is 0.269 e. The van der Waals surface area contributed by atoms with E-state index in [2.05, 4.69) is 10.3 Å². The zero-order chi connectivity index (χ0) is 25.1. The van der Waals surface area contributed by atoms with Crippen molar-refractivity contribution in [1.82, 2.24) is 9.38 Å². The molecule has 0 spiro atoms. The fraction of sp³-hybridized carbons (Fsp3) is 0.111. The van der Waals surface area contributed by atoms with Crippen molar-refractivity contribution < 1.29 is 9.53 Å². The van der Waals surface area contributed by atoms with E-state index in [4.69, 9.17) is 16.3 Å². The van der Waals surface area contributed by atoms with Crippen molar-refractivity contribution in [1.29, 1.82) is 5.26 Å². The average molecular weight is 485 g/mol. The maximum atomic E-state index is 13.4. The summed E-state index contributed by atoms with van der Waals surface area (Å²) in [5.41, 5.74) is 2.91. The summed E-state index contributed by atoms with van der Waals surface area (Å²) >= 11 is 6.25. The molecule has 35 heavy (non-hydrogen) atoms. The van der Waals surface area contributed by atoms with Gasteiger partial charge in [0.15, 0.2) is 0 Å². The van der Waals surface area contributed by atoms with Gasteiger partial charge < -0.3 is 10.1 Å². The van der Waals surface area contributed by atoms with E-state index in [1.165, 1.54) is 10.5 Å². The van der Waals surface area contributed by atoms with Crippen LogP contribution in [0, 0.1) is 32.1 Å². The largest absolute Gasteiger partial charge is 0.437 e. The number of aromatic nitrogens is 2. The number of para-hydroxylation sites is 1. The van der Waals surface area contributed by atoms with Gasteiger partial charge in [0.25, 0.3) is 11.5 Å². The Morgan fingerprint density at radius 2 is 1.86 bits per heavy atom. The van der Waals surface area contributed by atoms with Crippen LogP contribution in [0.2, 0.25) is 5.02 Å². The van der Waals surface area contributed by atoms with E-state index in [0.29, 0.717) is 16.4 Å². The standard InChI is InChI=1S/C27H21ClN4O3/c1-16-10-11-20(13-18(16)3)30-25(33)19(15-29)14-21-26(35-23-9-5-4-8-22(23)28)31-24-17(2)7-6-12-32(24)27(21)34/h4-14H,1-3H3,(H,30,33)/b19-14-. The highest BCUT2D eigenvalue weighted by Crippen LogP contribution is 2.30. The Balaban J connectivity index is 1.83. The van der Waals surface area contributed by atoms with Crippen molar-refractivity contribution in [2.75, 3.05) is 5.32 Å². The van der Waals surface area contributed by atoms with Gasteiger partial charge in [0.2, 0.25) is 5.88 Å². The first-order valence-corrected chi connectivity index (χ1v) is 11.1. The third kappa shape index (κ3) is 4.93. The number of benzene rings is 2. The average Bonchev–Trinajstić information content (AvgIpc) is 2.83. The zero-order valence-corrected chi connectivity index (χ0v) is 20.1. The van der Waals surface area contributed by atoms with E-state index in [1.807, 2.05) is 45.0 Å². The summed E-state index contributed by atoms with van der Waals surface area (Å²) in [5, 5.41) is 12.8. The minimum Gasteiger partial charge on any atom is -0.437 e. The number of carbonyl (C=O) groups is 1. The topological polar surface area (TPSA) is 96.5 Å². The number of pyridine rings is 1. The number of halogens is 1. The number of hydrogen-bond acceptors (Lipinski definition) is 5. The van der Waals surface area contributed by atoms with Crippen molar-refractivity contribution in [2.24, 2.45) is 0 Å². The van der Waals surface area contributed by atoms with Gasteiger partial charge in [0, 0.05) is 11.9 Å². The van der Waals surface area contributed by atoms with E-state index in [9.17, 15) is 14.9 Å². The van der Waals surface area contributed by atoms with E-state index >= 15 is 0 Å². The van der Waals surface area contributed by atoms with Gasteiger partial charge in [-0.15, -0.1) is 0 Å². The molecule has 7 nitrogen and oxygen atoms in total. The first kappa shape index (κ1) is 23.7. The Bertz CT molecular complexity index is 1600. The van der Waals surface area contributed by atoms with Crippen LogP contribution in [0.25, 0.3) is 11.7 Å². The molecule has 0 fully saturated rings. The predicted octanol–water partition coefficient (Wildman–Crippen LogP) is 5.61. The SMILES string of the molecule is Cc1ccc(NC(=O)/C(C#N)=C\c2c(Oc3ccccc3Cl)nc3c(C)cccn3c2=O)cc1C. The quantitative estimate of drug-likeness (QED) is 0.293. The lowest BCUT2D eigenvalue weighted by Crippen LogP contribution is -2.20. The summed E-state index contributed by atoms with van der Waals surface area (Å²) in [6, 6.07) is 17.6. The molecule has 174 valence electrons. The molecule has 0 aliphatic rings. The van der Waals surface area contributed by atoms with E-state index in [1.54, 1.807) is 42.6 Å². The van der Waals surface area contributed by atoms with Crippen LogP contribution in [-0.4, -0.2) is 15.3 Å². The summed E-state index contributed by atoms with van der Waals surface area (Å²) in [6.07, 6.45) is 2.75. The summed E-state index contributed by atoms with van der Waals surface area (Å²) in [7, 11) is 0. The molecule has 0 radical (unpaired) electrons. The molecular weight excluding hydrogens is 464 g/mol. The molecule has 0 atom stereocenters. The van der Waals surface area contributed by atoms with Crippen LogP contribution in [0.4, 0.5) is 5.69 Å². The first-order chi connectivity index (χ1) is 16.8. The highest BCUT2D eigenvalue weighted by Gasteiger charge is 2.19. The second-order valence-corrected chi connectivity index (χ2v) is 8.38. The number of anilines is 1. The van der Waals surface area contributed by atoms with Gasteiger partial charge in [-0.3, -0.25) is 14.0 Å². The van der Waals surface area contributed by atoms with Crippen LogP contribution in [0.1, 0.15) is 22.3 Å².